The van der Waals surface area contributed by atoms with Crippen LogP contribution in [0.3, 0.4) is 0 Å². The van der Waals surface area contributed by atoms with Gasteiger partial charge in [-0.15, -0.1) is 0 Å². The molecule has 0 saturated carbocycles. The maximum atomic E-state index is 10.1. The topological polar surface area (TPSA) is 29.5 Å². The third kappa shape index (κ3) is 3.59. The van der Waals surface area contributed by atoms with E-state index >= 15 is 0 Å². The molecule has 1 aromatic heterocycles. The zero-order chi connectivity index (χ0) is 11.5. The predicted octanol–water partition coefficient (Wildman–Crippen LogP) is 2.71. The molecule has 1 aromatic rings. The summed E-state index contributed by atoms with van der Waals surface area (Å²) in [6.07, 6.45) is 0.0984. The molecule has 0 aliphatic rings. The fraction of sp³-hybridized carbons (Fsp3) is 0.667. The summed E-state index contributed by atoms with van der Waals surface area (Å²) in [6.45, 7) is 6.24. The van der Waals surface area contributed by atoms with E-state index in [1.54, 1.807) is 18.4 Å². The summed E-state index contributed by atoms with van der Waals surface area (Å²) >= 11 is 1.66. The molecule has 0 radical (unpaired) electrons. The number of methoxy groups -OCH3 is 1. The van der Waals surface area contributed by atoms with E-state index in [2.05, 4.69) is 26.2 Å². The minimum atomic E-state index is -0.440. The zero-order valence-corrected chi connectivity index (χ0v) is 10.7. The Morgan fingerprint density at radius 2 is 2.13 bits per heavy atom. The number of ether oxygens (including phenoxy) is 1. The summed E-state index contributed by atoms with van der Waals surface area (Å²) in [5, 5.41) is 14.2. The Kier molecular flexibility index (Phi) is 4.32. The molecule has 0 aliphatic heterocycles. The van der Waals surface area contributed by atoms with Crippen molar-refractivity contribution < 1.29 is 9.84 Å². The first-order valence-corrected chi connectivity index (χ1v) is 6.11. The average Bonchev–Trinajstić information content (AvgIpc) is 2.54. The minimum absolute atomic E-state index is 0.0375. The van der Waals surface area contributed by atoms with Gasteiger partial charge in [0.05, 0.1) is 12.2 Å². The second-order valence-corrected chi connectivity index (χ2v) is 5.71. The fourth-order valence-electron chi connectivity index (χ4n) is 1.85. The van der Waals surface area contributed by atoms with Crippen LogP contribution in [-0.4, -0.2) is 24.4 Å². The van der Waals surface area contributed by atoms with Gasteiger partial charge >= 0.3 is 0 Å². The van der Waals surface area contributed by atoms with E-state index in [0.717, 1.165) is 0 Å². The van der Waals surface area contributed by atoms with Crippen LogP contribution in [0.15, 0.2) is 16.8 Å². The molecule has 0 aromatic carbocycles. The lowest BCUT2D eigenvalue weighted by atomic mass is 9.84. The molecule has 2 nitrogen and oxygen atoms in total. The van der Waals surface area contributed by atoms with Crippen molar-refractivity contribution in [3.63, 3.8) is 0 Å². The Balaban J connectivity index is 2.62. The van der Waals surface area contributed by atoms with Crippen molar-refractivity contribution in [1.82, 2.24) is 0 Å². The van der Waals surface area contributed by atoms with Gasteiger partial charge in [-0.3, -0.25) is 0 Å². The minimum Gasteiger partial charge on any atom is -0.390 e. The van der Waals surface area contributed by atoms with Gasteiger partial charge in [0.15, 0.2) is 0 Å². The summed E-state index contributed by atoms with van der Waals surface area (Å²) in [4.78, 5) is 0. The smallest absolute Gasteiger partial charge is 0.0881 e. The van der Waals surface area contributed by atoms with Crippen LogP contribution in [0.1, 0.15) is 26.3 Å². The summed E-state index contributed by atoms with van der Waals surface area (Å²) < 4.78 is 5.38. The first-order valence-electron chi connectivity index (χ1n) is 5.17. The van der Waals surface area contributed by atoms with Crippen molar-refractivity contribution in [2.24, 2.45) is 5.41 Å². The first kappa shape index (κ1) is 12.7. The lowest BCUT2D eigenvalue weighted by molar-refractivity contribution is -0.0698. The Bertz CT molecular complexity index is 274. The molecule has 3 heteroatoms. The molecular weight excluding hydrogens is 208 g/mol. The molecule has 0 saturated heterocycles. The van der Waals surface area contributed by atoms with Gasteiger partial charge in [-0.25, -0.2) is 0 Å². The molecule has 1 rings (SSSR count). The zero-order valence-electron chi connectivity index (χ0n) is 9.86. The maximum absolute atomic E-state index is 10.1. The lowest BCUT2D eigenvalue weighted by Crippen LogP contribution is -2.40. The molecule has 0 fully saturated rings. The van der Waals surface area contributed by atoms with Gasteiger partial charge in [0.2, 0.25) is 0 Å². The standard InChI is InChI=1S/C12H20O2S/c1-12(2,3)11(14-4)10(13)7-9-5-6-15-8-9/h5-6,8,10-11,13H,7H2,1-4H3. The van der Waals surface area contributed by atoms with Gasteiger partial charge in [-0.1, -0.05) is 20.8 Å². The van der Waals surface area contributed by atoms with E-state index < -0.39 is 6.10 Å². The van der Waals surface area contributed by atoms with Crippen LogP contribution < -0.4 is 0 Å². The van der Waals surface area contributed by atoms with Gasteiger partial charge in [0.1, 0.15) is 0 Å². The summed E-state index contributed by atoms with van der Waals surface area (Å²) in [5.74, 6) is 0. The SMILES string of the molecule is COC(C(O)Cc1ccsc1)C(C)(C)C. The Morgan fingerprint density at radius 1 is 1.47 bits per heavy atom. The monoisotopic (exact) mass is 228 g/mol. The fourth-order valence-corrected chi connectivity index (χ4v) is 2.53. The van der Waals surface area contributed by atoms with E-state index in [1.807, 2.05) is 11.4 Å². The Labute approximate surface area is 95.9 Å². The van der Waals surface area contributed by atoms with Gasteiger partial charge in [0.25, 0.3) is 0 Å². The second kappa shape index (κ2) is 5.10. The maximum Gasteiger partial charge on any atom is 0.0881 e. The average molecular weight is 228 g/mol. The predicted molar refractivity (Wildman–Crippen MR) is 64.3 cm³/mol. The number of hydrogen-bond donors (Lipinski definition) is 1. The van der Waals surface area contributed by atoms with E-state index in [1.165, 1.54) is 5.56 Å². The highest BCUT2D eigenvalue weighted by atomic mass is 32.1. The Hall–Kier alpha value is -0.380. The lowest BCUT2D eigenvalue weighted by Gasteiger charge is -2.33. The normalized spacial score (nSPS) is 16.3. The Morgan fingerprint density at radius 3 is 2.53 bits per heavy atom. The number of rotatable bonds is 4. The molecule has 1 heterocycles. The van der Waals surface area contributed by atoms with Gasteiger partial charge in [-0.05, 0) is 27.8 Å². The molecule has 2 atom stereocenters. The van der Waals surface area contributed by atoms with Crippen molar-refractivity contribution >= 4 is 11.3 Å². The van der Waals surface area contributed by atoms with Crippen LogP contribution in [0.4, 0.5) is 0 Å². The van der Waals surface area contributed by atoms with Crippen LogP contribution in [0.5, 0.6) is 0 Å². The van der Waals surface area contributed by atoms with Crippen molar-refractivity contribution in [2.45, 2.75) is 39.4 Å². The van der Waals surface area contributed by atoms with Crippen LogP contribution in [0, 0.1) is 5.41 Å². The van der Waals surface area contributed by atoms with E-state index in [9.17, 15) is 5.11 Å². The van der Waals surface area contributed by atoms with Crippen LogP contribution >= 0.6 is 11.3 Å². The summed E-state index contributed by atoms with van der Waals surface area (Å²) in [5.41, 5.74) is 1.14. The highest BCUT2D eigenvalue weighted by Crippen LogP contribution is 2.26. The molecule has 0 amide bonds. The van der Waals surface area contributed by atoms with Gasteiger partial charge < -0.3 is 9.84 Å². The van der Waals surface area contributed by atoms with Crippen molar-refractivity contribution in [1.29, 1.82) is 0 Å². The van der Waals surface area contributed by atoms with Crippen LogP contribution in [0.2, 0.25) is 0 Å². The summed E-state index contributed by atoms with van der Waals surface area (Å²) in [7, 11) is 1.66. The van der Waals surface area contributed by atoms with Crippen molar-refractivity contribution in [3.05, 3.63) is 22.4 Å². The first-order chi connectivity index (χ1) is 6.95. The third-order valence-electron chi connectivity index (χ3n) is 2.48. The van der Waals surface area contributed by atoms with E-state index in [0.29, 0.717) is 6.42 Å². The molecular formula is C12H20O2S. The quantitative estimate of drug-likeness (QED) is 0.858. The number of aliphatic hydroxyl groups excluding tert-OH is 1. The van der Waals surface area contributed by atoms with Crippen LogP contribution in [-0.2, 0) is 11.2 Å². The second-order valence-electron chi connectivity index (χ2n) is 4.93. The van der Waals surface area contributed by atoms with E-state index in [-0.39, 0.29) is 11.5 Å². The number of hydrogen-bond acceptors (Lipinski definition) is 3. The number of aliphatic hydroxyl groups is 1. The molecule has 86 valence electrons. The molecule has 0 spiro atoms. The van der Waals surface area contributed by atoms with Crippen LogP contribution in [0.25, 0.3) is 0 Å². The molecule has 0 bridgehead atoms. The highest BCUT2D eigenvalue weighted by molar-refractivity contribution is 7.07. The van der Waals surface area contributed by atoms with Crippen molar-refractivity contribution in [3.8, 4) is 0 Å². The molecule has 2 unspecified atom stereocenters. The van der Waals surface area contributed by atoms with Gasteiger partial charge in [0, 0.05) is 13.5 Å². The third-order valence-corrected chi connectivity index (χ3v) is 3.21. The van der Waals surface area contributed by atoms with Crippen molar-refractivity contribution in [2.75, 3.05) is 7.11 Å². The number of thiophene rings is 1. The molecule has 1 N–H and O–H groups in total. The summed E-state index contributed by atoms with van der Waals surface area (Å²) in [6, 6.07) is 2.04. The highest BCUT2D eigenvalue weighted by Gasteiger charge is 2.31. The van der Waals surface area contributed by atoms with E-state index in [4.69, 9.17) is 4.74 Å². The molecule has 15 heavy (non-hydrogen) atoms. The molecule has 0 aliphatic carbocycles. The largest absolute Gasteiger partial charge is 0.390 e. The van der Waals surface area contributed by atoms with Gasteiger partial charge in [-0.2, -0.15) is 11.3 Å².